The first-order valence-electron chi connectivity index (χ1n) is 7.90. The summed E-state index contributed by atoms with van der Waals surface area (Å²) in [7, 11) is 0. The molecular formula is C17H27ClN2O. The molecule has 0 saturated carbocycles. The Morgan fingerprint density at radius 3 is 2.86 bits per heavy atom. The maximum Gasteiger partial charge on any atom is 0.0741 e. The van der Waals surface area contributed by atoms with E-state index in [1.807, 2.05) is 12.1 Å². The van der Waals surface area contributed by atoms with Crippen LogP contribution >= 0.6 is 11.6 Å². The minimum Gasteiger partial charge on any atom is -0.391 e. The maximum absolute atomic E-state index is 10.1. The van der Waals surface area contributed by atoms with Crippen molar-refractivity contribution in [2.24, 2.45) is 11.8 Å². The third kappa shape index (κ3) is 4.35. The van der Waals surface area contributed by atoms with Gasteiger partial charge in [-0.05, 0) is 36.4 Å². The number of nitrogens with zero attached hydrogens (tertiary/aromatic N) is 1. The highest BCUT2D eigenvalue weighted by Crippen LogP contribution is 2.33. The minimum atomic E-state index is -0.272. The summed E-state index contributed by atoms with van der Waals surface area (Å²) in [5, 5.41) is 14.4. The topological polar surface area (TPSA) is 35.5 Å². The number of benzene rings is 1. The molecule has 0 bridgehead atoms. The molecular weight excluding hydrogens is 284 g/mol. The Kier molecular flexibility index (Phi) is 5.91. The van der Waals surface area contributed by atoms with Crippen LogP contribution in [0.3, 0.4) is 0 Å². The van der Waals surface area contributed by atoms with E-state index in [1.54, 1.807) is 0 Å². The lowest BCUT2D eigenvalue weighted by Crippen LogP contribution is -2.43. The molecule has 1 fully saturated rings. The zero-order valence-electron chi connectivity index (χ0n) is 13.3. The Morgan fingerprint density at radius 1 is 1.43 bits per heavy atom. The fraction of sp³-hybridized carbons (Fsp3) is 0.647. The van der Waals surface area contributed by atoms with E-state index in [-0.39, 0.29) is 6.10 Å². The fourth-order valence-electron chi connectivity index (χ4n) is 2.80. The number of para-hydroxylation sites is 1. The van der Waals surface area contributed by atoms with E-state index in [0.717, 1.165) is 36.8 Å². The number of aliphatic hydroxyl groups is 1. The average molecular weight is 311 g/mol. The predicted octanol–water partition coefficient (Wildman–Crippen LogP) is 3.29. The Balaban J connectivity index is 2.13. The summed E-state index contributed by atoms with van der Waals surface area (Å²) in [6.07, 6.45) is 0.733. The van der Waals surface area contributed by atoms with Gasteiger partial charge in [0.2, 0.25) is 0 Å². The largest absolute Gasteiger partial charge is 0.391 e. The van der Waals surface area contributed by atoms with E-state index in [0.29, 0.717) is 18.4 Å². The van der Waals surface area contributed by atoms with Crippen LogP contribution in [-0.2, 0) is 6.54 Å². The zero-order chi connectivity index (χ0) is 15.4. The molecule has 3 nitrogen and oxygen atoms in total. The van der Waals surface area contributed by atoms with Crippen molar-refractivity contribution in [3.8, 4) is 0 Å². The Labute approximate surface area is 133 Å². The molecule has 2 N–H and O–H groups in total. The van der Waals surface area contributed by atoms with Crippen molar-refractivity contribution in [2.75, 3.05) is 24.5 Å². The summed E-state index contributed by atoms with van der Waals surface area (Å²) in [5.41, 5.74) is 2.30. The standard InChI is InChI=1S/C17H27ClN2O/c1-12(2)9-19-10-14-5-4-6-15(18)17(14)20-8-7-13(3)16(21)11-20/h4-6,12-13,16,19,21H,7-11H2,1-3H3. The van der Waals surface area contributed by atoms with Crippen LogP contribution in [-0.4, -0.2) is 30.8 Å². The quantitative estimate of drug-likeness (QED) is 0.876. The third-order valence-electron chi connectivity index (χ3n) is 4.17. The number of aliphatic hydroxyl groups excluding tert-OH is 1. The van der Waals surface area contributed by atoms with Gasteiger partial charge in [0.1, 0.15) is 0 Å². The molecule has 0 aromatic heterocycles. The highest BCUT2D eigenvalue weighted by Gasteiger charge is 2.26. The molecule has 2 atom stereocenters. The van der Waals surface area contributed by atoms with Gasteiger partial charge in [0.05, 0.1) is 16.8 Å². The normalized spacial score (nSPS) is 22.9. The van der Waals surface area contributed by atoms with E-state index in [2.05, 4.69) is 37.1 Å². The highest BCUT2D eigenvalue weighted by atomic mass is 35.5. The van der Waals surface area contributed by atoms with Crippen molar-refractivity contribution in [2.45, 2.75) is 39.8 Å². The molecule has 1 heterocycles. The lowest BCUT2D eigenvalue weighted by Gasteiger charge is -2.37. The zero-order valence-corrected chi connectivity index (χ0v) is 14.0. The molecule has 1 aliphatic heterocycles. The molecule has 4 heteroatoms. The predicted molar refractivity (Wildman–Crippen MR) is 90.0 cm³/mol. The molecule has 1 saturated heterocycles. The monoisotopic (exact) mass is 310 g/mol. The second-order valence-electron chi connectivity index (χ2n) is 6.55. The maximum atomic E-state index is 10.1. The number of piperidine rings is 1. The molecule has 118 valence electrons. The van der Waals surface area contributed by atoms with Crippen molar-refractivity contribution >= 4 is 17.3 Å². The van der Waals surface area contributed by atoms with Crippen molar-refractivity contribution in [1.82, 2.24) is 5.32 Å². The van der Waals surface area contributed by atoms with Gasteiger partial charge in [-0.3, -0.25) is 0 Å². The van der Waals surface area contributed by atoms with Gasteiger partial charge in [0, 0.05) is 19.6 Å². The summed E-state index contributed by atoms with van der Waals surface area (Å²) in [5.74, 6) is 0.997. The third-order valence-corrected chi connectivity index (χ3v) is 4.48. The second-order valence-corrected chi connectivity index (χ2v) is 6.96. The smallest absolute Gasteiger partial charge is 0.0741 e. The van der Waals surface area contributed by atoms with Crippen molar-refractivity contribution in [1.29, 1.82) is 0 Å². The van der Waals surface area contributed by atoms with Crippen molar-refractivity contribution < 1.29 is 5.11 Å². The lowest BCUT2D eigenvalue weighted by atomic mass is 9.95. The number of halogens is 1. The molecule has 0 spiro atoms. The van der Waals surface area contributed by atoms with E-state index in [4.69, 9.17) is 11.6 Å². The van der Waals surface area contributed by atoms with Crippen LogP contribution in [0.1, 0.15) is 32.8 Å². The first-order valence-corrected chi connectivity index (χ1v) is 8.28. The molecule has 21 heavy (non-hydrogen) atoms. The van der Waals surface area contributed by atoms with Crippen LogP contribution in [0.2, 0.25) is 5.02 Å². The van der Waals surface area contributed by atoms with Gasteiger partial charge >= 0.3 is 0 Å². The van der Waals surface area contributed by atoms with Gasteiger partial charge in [0.25, 0.3) is 0 Å². The first-order chi connectivity index (χ1) is 9.99. The molecule has 1 aromatic rings. The first kappa shape index (κ1) is 16.6. The average Bonchev–Trinajstić information content (AvgIpc) is 2.42. The summed E-state index contributed by atoms with van der Waals surface area (Å²) >= 11 is 6.44. The van der Waals surface area contributed by atoms with Gasteiger partial charge in [-0.25, -0.2) is 0 Å². The molecule has 1 aliphatic rings. The van der Waals surface area contributed by atoms with Crippen molar-refractivity contribution in [3.63, 3.8) is 0 Å². The van der Waals surface area contributed by atoms with Crippen LogP contribution in [0.4, 0.5) is 5.69 Å². The highest BCUT2D eigenvalue weighted by molar-refractivity contribution is 6.33. The molecule has 0 amide bonds. The number of rotatable bonds is 5. The molecule has 0 radical (unpaired) electrons. The van der Waals surface area contributed by atoms with Crippen LogP contribution in [0.5, 0.6) is 0 Å². The van der Waals surface area contributed by atoms with Crippen LogP contribution in [0.25, 0.3) is 0 Å². The molecule has 2 unspecified atom stereocenters. The van der Waals surface area contributed by atoms with Gasteiger partial charge < -0.3 is 15.3 Å². The minimum absolute atomic E-state index is 0.272. The van der Waals surface area contributed by atoms with Crippen LogP contribution in [0.15, 0.2) is 18.2 Å². The van der Waals surface area contributed by atoms with Gasteiger partial charge in [0.15, 0.2) is 0 Å². The Hall–Kier alpha value is -0.770. The molecule has 1 aromatic carbocycles. The second kappa shape index (κ2) is 7.48. The van der Waals surface area contributed by atoms with Crippen LogP contribution < -0.4 is 10.2 Å². The Bertz CT molecular complexity index is 464. The van der Waals surface area contributed by atoms with E-state index in [1.165, 1.54) is 5.56 Å². The fourth-order valence-corrected chi connectivity index (χ4v) is 3.12. The number of hydrogen-bond acceptors (Lipinski definition) is 3. The van der Waals surface area contributed by atoms with Gasteiger partial charge in [-0.2, -0.15) is 0 Å². The van der Waals surface area contributed by atoms with Crippen molar-refractivity contribution in [3.05, 3.63) is 28.8 Å². The molecule has 2 rings (SSSR count). The van der Waals surface area contributed by atoms with Crippen LogP contribution in [0, 0.1) is 11.8 Å². The summed E-state index contributed by atoms with van der Waals surface area (Å²) in [4.78, 5) is 2.24. The summed E-state index contributed by atoms with van der Waals surface area (Å²) in [6.45, 7) is 9.95. The summed E-state index contributed by atoms with van der Waals surface area (Å²) < 4.78 is 0. The van der Waals surface area contributed by atoms with E-state index < -0.39 is 0 Å². The van der Waals surface area contributed by atoms with Gasteiger partial charge in [-0.15, -0.1) is 0 Å². The molecule has 0 aliphatic carbocycles. The number of nitrogens with one attached hydrogen (secondary N) is 1. The van der Waals surface area contributed by atoms with E-state index in [9.17, 15) is 5.11 Å². The number of anilines is 1. The SMILES string of the molecule is CC(C)CNCc1cccc(Cl)c1N1CCC(C)C(O)C1. The number of β-amino-alcohol motifs (C(OH)–C–C–N with tert-alkyl or cyclic N) is 1. The van der Waals surface area contributed by atoms with E-state index >= 15 is 0 Å². The number of hydrogen-bond donors (Lipinski definition) is 2. The van der Waals surface area contributed by atoms with Gasteiger partial charge in [-0.1, -0.05) is 44.5 Å². The Morgan fingerprint density at radius 2 is 2.19 bits per heavy atom. The summed E-state index contributed by atoms with van der Waals surface area (Å²) in [6, 6.07) is 6.06. The lowest BCUT2D eigenvalue weighted by molar-refractivity contribution is 0.103.